The second-order valence-electron chi connectivity index (χ2n) is 5.43. The number of nitrogens with one attached hydrogen (secondary N) is 1. The quantitative estimate of drug-likeness (QED) is 0.918. The van der Waals surface area contributed by atoms with Crippen molar-refractivity contribution < 1.29 is 14.3 Å². The molecule has 1 aromatic rings. The van der Waals surface area contributed by atoms with Crippen molar-refractivity contribution in [3.63, 3.8) is 0 Å². The molecule has 21 heavy (non-hydrogen) atoms. The van der Waals surface area contributed by atoms with Crippen molar-refractivity contribution in [2.75, 3.05) is 26.7 Å². The summed E-state index contributed by atoms with van der Waals surface area (Å²) in [5.41, 5.74) is 0.445. The number of likely N-dealkylation sites (tertiary alicyclic amines) is 1. The Morgan fingerprint density at radius 3 is 2.62 bits per heavy atom. The number of nitrogens with zero attached hydrogens (tertiary/aromatic N) is 1. The van der Waals surface area contributed by atoms with E-state index < -0.39 is 0 Å². The van der Waals surface area contributed by atoms with Crippen LogP contribution in [0.5, 0.6) is 5.75 Å². The van der Waals surface area contributed by atoms with Crippen LogP contribution in [0.15, 0.2) is 24.3 Å². The van der Waals surface area contributed by atoms with Gasteiger partial charge < -0.3 is 15.0 Å². The molecule has 0 saturated carbocycles. The van der Waals surface area contributed by atoms with Crippen LogP contribution in [0.25, 0.3) is 0 Å². The van der Waals surface area contributed by atoms with Crippen molar-refractivity contribution >= 4 is 11.8 Å². The van der Waals surface area contributed by atoms with E-state index in [1.54, 1.807) is 31.3 Å². The molecule has 0 bridgehead atoms. The molecule has 0 aliphatic carbocycles. The largest absolute Gasteiger partial charge is 0.483 e. The Morgan fingerprint density at radius 2 is 1.95 bits per heavy atom. The highest BCUT2D eigenvalue weighted by Crippen LogP contribution is 2.19. The maximum atomic E-state index is 12.1. The number of amides is 2. The Balaban J connectivity index is 1.94. The number of para-hydroxylation sites is 1. The van der Waals surface area contributed by atoms with Crippen molar-refractivity contribution in [2.24, 2.45) is 5.92 Å². The molecule has 0 radical (unpaired) electrons. The summed E-state index contributed by atoms with van der Waals surface area (Å²) in [6.45, 7) is 3.77. The van der Waals surface area contributed by atoms with Gasteiger partial charge in [0, 0.05) is 20.1 Å². The van der Waals surface area contributed by atoms with Gasteiger partial charge in [-0.1, -0.05) is 19.1 Å². The van der Waals surface area contributed by atoms with Crippen LogP contribution in [-0.4, -0.2) is 43.5 Å². The minimum atomic E-state index is -0.218. The average Bonchev–Trinajstić information content (AvgIpc) is 2.52. The van der Waals surface area contributed by atoms with E-state index in [1.807, 2.05) is 4.90 Å². The minimum absolute atomic E-state index is 0.0198. The molecule has 1 aromatic carbocycles. The zero-order valence-corrected chi connectivity index (χ0v) is 12.6. The highest BCUT2D eigenvalue weighted by Gasteiger charge is 2.21. The molecule has 0 unspecified atom stereocenters. The molecule has 1 aliphatic rings. The third-order valence-electron chi connectivity index (χ3n) is 3.85. The fraction of sp³-hybridized carbons (Fsp3) is 0.500. The first kappa shape index (κ1) is 15.4. The summed E-state index contributed by atoms with van der Waals surface area (Å²) in [6.07, 6.45) is 2.08. The van der Waals surface area contributed by atoms with Crippen LogP contribution >= 0.6 is 0 Å². The lowest BCUT2D eigenvalue weighted by Gasteiger charge is -2.30. The van der Waals surface area contributed by atoms with E-state index in [0.717, 1.165) is 25.9 Å². The average molecular weight is 290 g/mol. The first-order chi connectivity index (χ1) is 10.1. The lowest BCUT2D eigenvalue weighted by Crippen LogP contribution is -2.40. The lowest BCUT2D eigenvalue weighted by atomic mass is 9.99. The maximum Gasteiger partial charge on any atom is 0.260 e. The molecule has 1 saturated heterocycles. The van der Waals surface area contributed by atoms with Gasteiger partial charge in [0.1, 0.15) is 5.75 Å². The van der Waals surface area contributed by atoms with E-state index in [4.69, 9.17) is 4.74 Å². The molecule has 1 heterocycles. The van der Waals surface area contributed by atoms with Crippen LogP contribution in [0.4, 0.5) is 0 Å². The van der Waals surface area contributed by atoms with Crippen LogP contribution in [0.2, 0.25) is 0 Å². The Labute approximate surface area is 125 Å². The summed E-state index contributed by atoms with van der Waals surface area (Å²) >= 11 is 0. The van der Waals surface area contributed by atoms with Gasteiger partial charge in [-0.25, -0.2) is 0 Å². The highest BCUT2D eigenvalue weighted by atomic mass is 16.5. The van der Waals surface area contributed by atoms with Crippen molar-refractivity contribution in [3.8, 4) is 5.75 Å². The first-order valence-corrected chi connectivity index (χ1v) is 7.33. The first-order valence-electron chi connectivity index (χ1n) is 7.33. The molecule has 1 fully saturated rings. The summed E-state index contributed by atoms with van der Waals surface area (Å²) in [5, 5.41) is 2.56. The summed E-state index contributed by atoms with van der Waals surface area (Å²) in [6, 6.07) is 6.94. The SMILES string of the molecule is CNC(=O)c1ccccc1OCC(=O)N1CCC(C)CC1. The molecule has 0 aromatic heterocycles. The van der Waals surface area contributed by atoms with E-state index in [1.165, 1.54) is 0 Å². The maximum absolute atomic E-state index is 12.1. The topological polar surface area (TPSA) is 58.6 Å². The van der Waals surface area contributed by atoms with E-state index in [0.29, 0.717) is 17.2 Å². The number of carbonyl (C=O) groups excluding carboxylic acids is 2. The zero-order chi connectivity index (χ0) is 15.2. The van der Waals surface area contributed by atoms with Crippen LogP contribution in [0.1, 0.15) is 30.1 Å². The number of ether oxygens (including phenoxy) is 1. The van der Waals surface area contributed by atoms with Gasteiger partial charge in [0.25, 0.3) is 11.8 Å². The number of carbonyl (C=O) groups is 2. The molecular formula is C16H22N2O3. The Kier molecular flexibility index (Phi) is 5.20. The number of rotatable bonds is 4. The van der Waals surface area contributed by atoms with E-state index >= 15 is 0 Å². The number of benzene rings is 1. The van der Waals surface area contributed by atoms with Gasteiger partial charge in [-0.2, -0.15) is 0 Å². The van der Waals surface area contributed by atoms with Crippen molar-refractivity contribution in [2.45, 2.75) is 19.8 Å². The van der Waals surface area contributed by atoms with Gasteiger partial charge in [-0.05, 0) is 30.9 Å². The summed E-state index contributed by atoms with van der Waals surface area (Å²) < 4.78 is 5.55. The molecule has 1 aliphatic heterocycles. The standard InChI is InChI=1S/C16H22N2O3/c1-12-7-9-18(10-8-12)15(19)11-21-14-6-4-3-5-13(14)16(20)17-2/h3-6,12H,7-11H2,1-2H3,(H,17,20). The van der Waals surface area contributed by atoms with Crippen molar-refractivity contribution in [3.05, 3.63) is 29.8 Å². The smallest absolute Gasteiger partial charge is 0.260 e. The summed E-state index contributed by atoms with van der Waals surface area (Å²) in [5.74, 6) is 0.887. The van der Waals surface area contributed by atoms with Gasteiger partial charge in [0.15, 0.2) is 6.61 Å². The molecule has 5 heteroatoms. The minimum Gasteiger partial charge on any atom is -0.483 e. The highest BCUT2D eigenvalue weighted by molar-refractivity contribution is 5.96. The molecule has 2 amide bonds. The van der Waals surface area contributed by atoms with E-state index in [-0.39, 0.29) is 18.4 Å². The third-order valence-corrected chi connectivity index (χ3v) is 3.85. The van der Waals surface area contributed by atoms with Gasteiger partial charge in [-0.3, -0.25) is 9.59 Å². The molecule has 114 valence electrons. The Bertz CT molecular complexity index is 508. The van der Waals surface area contributed by atoms with Crippen LogP contribution < -0.4 is 10.1 Å². The second-order valence-corrected chi connectivity index (χ2v) is 5.43. The van der Waals surface area contributed by atoms with E-state index in [9.17, 15) is 9.59 Å². The predicted octanol–water partition coefficient (Wildman–Crippen LogP) is 1.68. The Morgan fingerprint density at radius 1 is 1.29 bits per heavy atom. The van der Waals surface area contributed by atoms with Crippen LogP contribution in [0.3, 0.4) is 0 Å². The number of hydrogen-bond acceptors (Lipinski definition) is 3. The monoisotopic (exact) mass is 290 g/mol. The molecule has 0 spiro atoms. The molecular weight excluding hydrogens is 268 g/mol. The van der Waals surface area contributed by atoms with Crippen molar-refractivity contribution in [1.29, 1.82) is 0 Å². The molecule has 5 nitrogen and oxygen atoms in total. The summed E-state index contributed by atoms with van der Waals surface area (Å²) in [4.78, 5) is 25.7. The fourth-order valence-electron chi connectivity index (χ4n) is 2.40. The normalized spacial score (nSPS) is 15.6. The van der Waals surface area contributed by atoms with Crippen LogP contribution in [0, 0.1) is 5.92 Å². The lowest BCUT2D eigenvalue weighted by molar-refractivity contribution is -0.134. The van der Waals surface area contributed by atoms with Gasteiger partial charge >= 0.3 is 0 Å². The predicted molar refractivity (Wildman–Crippen MR) is 80.3 cm³/mol. The number of hydrogen-bond donors (Lipinski definition) is 1. The van der Waals surface area contributed by atoms with Crippen molar-refractivity contribution in [1.82, 2.24) is 10.2 Å². The molecule has 2 rings (SSSR count). The van der Waals surface area contributed by atoms with Gasteiger partial charge in [0.05, 0.1) is 5.56 Å². The van der Waals surface area contributed by atoms with Gasteiger partial charge in [-0.15, -0.1) is 0 Å². The van der Waals surface area contributed by atoms with Crippen LogP contribution in [-0.2, 0) is 4.79 Å². The van der Waals surface area contributed by atoms with E-state index in [2.05, 4.69) is 12.2 Å². The number of piperidine rings is 1. The second kappa shape index (κ2) is 7.11. The Hall–Kier alpha value is -2.04. The third kappa shape index (κ3) is 3.97. The fourth-order valence-corrected chi connectivity index (χ4v) is 2.40. The van der Waals surface area contributed by atoms with Gasteiger partial charge in [0.2, 0.25) is 0 Å². The summed E-state index contributed by atoms with van der Waals surface area (Å²) in [7, 11) is 1.57. The zero-order valence-electron chi connectivity index (χ0n) is 12.6. The molecule has 0 atom stereocenters. The molecule has 1 N–H and O–H groups in total.